The van der Waals surface area contributed by atoms with Gasteiger partial charge in [0.25, 0.3) is 0 Å². The van der Waals surface area contributed by atoms with Crippen LogP contribution in [0.5, 0.6) is 0 Å². The van der Waals surface area contributed by atoms with Crippen LogP contribution in [-0.4, -0.2) is 19.0 Å². The van der Waals surface area contributed by atoms with E-state index in [1.165, 1.54) is 0 Å². The van der Waals surface area contributed by atoms with Crippen molar-refractivity contribution in [3.63, 3.8) is 0 Å². The highest BCUT2D eigenvalue weighted by atomic mass is 16.6. The minimum atomic E-state index is 0.0284. The molecule has 0 saturated carbocycles. The molecule has 16 heavy (non-hydrogen) atoms. The summed E-state index contributed by atoms with van der Waals surface area (Å²) in [6.07, 6.45) is 3.18. The summed E-state index contributed by atoms with van der Waals surface area (Å²) in [5.41, 5.74) is 2.47. The second-order valence-corrected chi connectivity index (χ2v) is 3.67. The monoisotopic (exact) mass is 214 g/mol. The summed E-state index contributed by atoms with van der Waals surface area (Å²) in [5.74, 6) is 0.672. The van der Waals surface area contributed by atoms with Gasteiger partial charge in [-0.1, -0.05) is 24.3 Å². The van der Waals surface area contributed by atoms with Gasteiger partial charge in [0.1, 0.15) is 19.5 Å². The molecule has 1 heterocycles. The van der Waals surface area contributed by atoms with Crippen molar-refractivity contribution in [3.8, 4) is 0 Å². The lowest BCUT2D eigenvalue weighted by molar-refractivity contribution is 0.0940. The number of ketones is 1. The number of rotatable bonds is 1. The molecule has 0 unspecified atom stereocenters. The van der Waals surface area contributed by atoms with Gasteiger partial charge < -0.3 is 9.47 Å². The molecule has 1 aliphatic carbocycles. The van der Waals surface area contributed by atoms with E-state index in [9.17, 15) is 4.79 Å². The fraction of sp³-hybridized carbons (Fsp3) is 0.154. The molecular weight excluding hydrogens is 204 g/mol. The minimum Gasteiger partial charge on any atom is -0.494 e. The van der Waals surface area contributed by atoms with Gasteiger partial charge in [-0.25, -0.2) is 0 Å². The maximum Gasteiger partial charge on any atom is 0.187 e. The molecule has 1 aromatic rings. The summed E-state index contributed by atoms with van der Waals surface area (Å²) in [6, 6.07) is 7.52. The molecule has 3 nitrogen and oxygen atoms in total. The molecule has 80 valence electrons. The highest BCUT2D eigenvalue weighted by Crippen LogP contribution is 2.33. The minimum absolute atomic E-state index is 0.0284. The van der Waals surface area contributed by atoms with Crippen molar-refractivity contribution < 1.29 is 14.3 Å². The fourth-order valence-corrected chi connectivity index (χ4v) is 1.93. The number of hydrogen-bond acceptors (Lipinski definition) is 3. The Hall–Kier alpha value is -2.03. The number of benzene rings is 1. The fourth-order valence-electron chi connectivity index (χ4n) is 1.93. The molecule has 0 N–H and O–H groups in total. The SMILES string of the molecule is O=C1C=C(C2=COCCO2)c2ccccc21. The van der Waals surface area contributed by atoms with Gasteiger partial charge in [0.15, 0.2) is 11.5 Å². The largest absolute Gasteiger partial charge is 0.494 e. The Morgan fingerprint density at radius 3 is 2.62 bits per heavy atom. The van der Waals surface area contributed by atoms with Crippen LogP contribution < -0.4 is 0 Å². The van der Waals surface area contributed by atoms with E-state index in [4.69, 9.17) is 9.47 Å². The Morgan fingerprint density at radius 1 is 1.06 bits per heavy atom. The molecule has 0 saturated heterocycles. The van der Waals surface area contributed by atoms with Crippen LogP contribution in [0.4, 0.5) is 0 Å². The van der Waals surface area contributed by atoms with Crippen LogP contribution in [-0.2, 0) is 9.47 Å². The zero-order chi connectivity index (χ0) is 11.0. The molecule has 3 heteroatoms. The predicted octanol–water partition coefficient (Wildman–Crippen LogP) is 2.15. The van der Waals surface area contributed by atoms with Gasteiger partial charge in [-0.2, -0.15) is 0 Å². The summed E-state index contributed by atoms with van der Waals surface area (Å²) in [6.45, 7) is 1.09. The van der Waals surface area contributed by atoms with Crippen LogP contribution in [0.1, 0.15) is 15.9 Å². The zero-order valence-corrected chi connectivity index (χ0v) is 8.60. The number of carbonyl (C=O) groups excluding carboxylic acids is 1. The van der Waals surface area contributed by atoms with E-state index in [0.29, 0.717) is 19.0 Å². The first-order valence-electron chi connectivity index (χ1n) is 5.16. The lowest BCUT2D eigenvalue weighted by Gasteiger charge is -2.16. The third-order valence-electron chi connectivity index (χ3n) is 2.67. The van der Waals surface area contributed by atoms with Gasteiger partial charge in [-0.3, -0.25) is 4.79 Å². The molecule has 0 fully saturated rings. The van der Waals surface area contributed by atoms with Crippen LogP contribution >= 0.6 is 0 Å². The molecule has 0 bridgehead atoms. The van der Waals surface area contributed by atoms with Crippen molar-refractivity contribution in [2.24, 2.45) is 0 Å². The molecule has 0 radical (unpaired) electrons. The molecule has 0 atom stereocenters. The van der Waals surface area contributed by atoms with Gasteiger partial charge in [0.2, 0.25) is 0 Å². The number of hydrogen-bond donors (Lipinski definition) is 0. The van der Waals surface area contributed by atoms with E-state index in [0.717, 1.165) is 16.7 Å². The predicted molar refractivity (Wildman–Crippen MR) is 58.7 cm³/mol. The highest BCUT2D eigenvalue weighted by molar-refractivity contribution is 6.18. The number of carbonyl (C=O) groups is 1. The molecular formula is C13H10O3. The molecule has 0 amide bonds. The summed E-state index contributed by atoms with van der Waals surface area (Å²) < 4.78 is 10.7. The maximum absolute atomic E-state index is 11.7. The normalized spacial score (nSPS) is 18.1. The second kappa shape index (κ2) is 3.52. The van der Waals surface area contributed by atoms with E-state index < -0.39 is 0 Å². The Labute approximate surface area is 93.0 Å². The molecule has 3 rings (SSSR count). The number of fused-ring (bicyclic) bond motifs is 1. The van der Waals surface area contributed by atoms with Gasteiger partial charge in [-0.15, -0.1) is 0 Å². The summed E-state index contributed by atoms with van der Waals surface area (Å²) in [5, 5.41) is 0. The lowest BCUT2D eigenvalue weighted by Crippen LogP contribution is -2.08. The first-order valence-corrected chi connectivity index (χ1v) is 5.16. The van der Waals surface area contributed by atoms with Gasteiger partial charge in [-0.05, 0) is 11.6 Å². The van der Waals surface area contributed by atoms with Crippen molar-refractivity contribution in [1.82, 2.24) is 0 Å². The Balaban J connectivity index is 2.07. The van der Waals surface area contributed by atoms with E-state index in [1.807, 2.05) is 24.3 Å². The highest BCUT2D eigenvalue weighted by Gasteiger charge is 2.24. The smallest absolute Gasteiger partial charge is 0.187 e. The average Bonchev–Trinajstić information content (AvgIpc) is 2.69. The Kier molecular flexibility index (Phi) is 2.03. The summed E-state index contributed by atoms with van der Waals surface area (Å²) in [7, 11) is 0. The van der Waals surface area contributed by atoms with Crippen LogP contribution in [0, 0.1) is 0 Å². The lowest BCUT2D eigenvalue weighted by atomic mass is 10.0. The number of ether oxygens (including phenoxy) is 2. The average molecular weight is 214 g/mol. The van der Waals surface area contributed by atoms with E-state index >= 15 is 0 Å². The molecule has 0 aromatic heterocycles. The standard InChI is InChI=1S/C13H10O3/c14-12-7-11(13-8-15-5-6-16-13)9-3-1-2-4-10(9)12/h1-4,7-8H,5-6H2. The molecule has 2 aliphatic rings. The van der Waals surface area contributed by atoms with Crippen molar-refractivity contribution >= 4 is 11.4 Å². The third kappa shape index (κ3) is 1.33. The second-order valence-electron chi connectivity index (χ2n) is 3.67. The van der Waals surface area contributed by atoms with E-state index in [-0.39, 0.29) is 5.78 Å². The topological polar surface area (TPSA) is 35.5 Å². The van der Waals surface area contributed by atoms with Crippen LogP contribution in [0.25, 0.3) is 5.57 Å². The number of allylic oxidation sites excluding steroid dienone is 2. The van der Waals surface area contributed by atoms with Crippen molar-refractivity contribution in [1.29, 1.82) is 0 Å². The van der Waals surface area contributed by atoms with Gasteiger partial charge in [0.05, 0.1) is 0 Å². The van der Waals surface area contributed by atoms with Crippen LogP contribution in [0.3, 0.4) is 0 Å². The summed E-state index contributed by atoms with van der Waals surface area (Å²) >= 11 is 0. The zero-order valence-electron chi connectivity index (χ0n) is 8.60. The van der Waals surface area contributed by atoms with Gasteiger partial charge >= 0.3 is 0 Å². The maximum atomic E-state index is 11.7. The third-order valence-corrected chi connectivity index (χ3v) is 2.67. The molecule has 1 aliphatic heterocycles. The van der Waals surface area contributed by atoms with Crippen molar-refractivity contribution in [2.75, 3.05) is 13.2 Å². The quantitative estimate of drug-likeness (QED) is 0.718. The Morgan fingerprint density at radius 2 is 1.88 bits per heavy atom. The molecule has 0 spiro atoms. The summed E-state index contributed by atoms with van der Waals surface area (Å²) in [4.78, 5) is 11.7. The first kappa shape index (κ1) is 9.21. The van der Waals surface area contributed by atoms with Crippen molar-refractivity contribution in [2.45, 2.75) is 0 Å². The van der Waals surface area contributed by atoms with E-state index in [2.05, 4.69) is 0 Å². The first-order chi connectivity index (χ1) is 7.86. The van der Waals surface area contributed by atoms with Gasteiger partial charge in [0, 0.05) is 11.1 Å². The van der Waals surface area contributed by atoms with Crippen LogP contribution in [0.2, 0.25) is 0 Å². The van der Waals surface area contributed by atoms with Crippen LogP contribution in [0.15, 0.2) is 42.4 Å². The van der Waals surface area contributed by atoms with E-state index in [1.54, 1.807) is 12.3 Å². The van der Waals surface area contributed by atoms with Crippen molar-refractivity contribution in [3.05, 3.63) is 53.5 Å². The molecule has 1 aromatic carbocycles. The Bertz CT molecular complexity index is 512.